The molecule has 152 valence electrons. The molecule has 3 heteroatoms. The van der Waals surface area contributed by atoms with Gasteiger partial charge in [0.15, 0.2) is 8.32 Å². The first-order valence-corrected chi connectivity index (χ1v) is 13.3. The zero-order valence-electron chi connectivity index (χ0n) is 18.9. The highest BCUT2D eigenvalue weighted by Crippen LogP contribution is 2.71. The first kappa shape index (κ1) is 22.5. The monoisotopic (exact) mass is 388 g/mol. The molecule has 0 bridgehead atoms. The predicted octanol–water partition coefficient (Wildman–Crippen LogP) is 5.65. The average Bonchev–Trinajstić information content (AvgIpc) is 3.06. The topological polar surface area (TPSA) is 29.5 Å². The molecule has 0 aromatic heterocycles. The minimum Gasteiger partial charge on any atom is -0.413 e. The van der Waals surface area contributed by atoms with E-state index in [-0.39, 0.29) is 34.3 Å². The summed E-state index contributed by atoms with van der Waals surface area (Å²) < 4.78 is 6.98. The molecule has 7 atom stereocenters. The Bertz CT molecular complexity index is 659. The number of fused-ring (bicyclic) bond motifs is 1. The summed E-state index contributed by atoms with van der Waals surface area (Å²) in [5.41, 5.74) is 2.01. The van der Waals surface area contributed by atoms with Crippen molar-refractivity contribution in [1.82, 2.24) is 0 Å². The highest BCUT2D eigenvalue weighted by molar-refractivity contribution is 6.74. The Labute approximate surface area is 168 Å². The molecule has 2 unspecified atom stereocenters. The van der Waals surface area contributed by atoms with Crippen molar-refractivity contribution in [1.29, 1.82) is 0 Å². The summed E-state index contributed by atoms with van der Waals surface area (Å²) in [5, 5.41) is 11.8. The zero-order valence-corrected chi connectivity index (χ0v) is 19.9. The number of hydrogen-bond acceptors (Lipinski definition) is 2. The van der Waals surface area contributed by atoms with Crippen LogP contribution in [0, 0.1) is 47.3 Å². The van der Waals surface area contributed by atoms with E-state index < -0.39 is 13.9 Å². The van der Waals surface area contributed by atoms with E-state index in [1.54, 1.807) is 0 Å². The molecule has 2 fully saturated rings. The van der Waals surface area contributed by atoms with E-state index in [9.17, 15) is 5.11 Å². The molecule has 0 saturated heterocycles. The SMILES string of the molecule is C#C[C@@]1(O)[C@H](C)C[C@@H]2[C@H]([C@@H]1C(O[Si](C)(C)C(C)(C)C)C(C)C=C=C)C2(C)C. The van der Waals surface area contributed by atoms with Gasteiger partial charge in [-0.05, 0) is 53.8 Å². The minimum atomic E-state index is -2.05. The fraction of sp³-hybridized carbons (Fsp3) is 0.792. The van der Waals surface area contributed by atoms with Crippen molar-refractivity contribution >= 4 is 8.32 Å². The summed E-state index contributed by atoms with van der Waals surface area (Å²) in [4.78, 5) is 0. The summed E-state index contributed by atoms with van der Waals surface area (Å²) in [6.45, 7) is 24.0. The van der Waals surface area contributed by atoms with Crippen LogP contribution < -0.4 is 0 Å². The third-order valence-electron chi connectivity index (χ3n) is 8.11. The molecular formula is C24H40O2Si. The van der Waals surface area contributed by atoms with Crippen LogP contribution in [0.4, 0.5) is 0 Å². The molecule has 2 aliphatic carbocycles. The van der Waals surface area contributed by atoms with Crippen molar-refractivity contribution in [2.24, 2.45) is 35.0 Å². The Morgan fingerprint density at radius 2 is 1.89 bits per heavy atom. The lowest BCUT2D eigenvalue weighted by atomic mass is 9.65. The van der Waals surface area contributed by atoms with Crippen LogP contribution in [-0.2, 0) is 4.43 Å². The Morgan fingerprint density at radius 1 is 1.33 bits per heavy atom. The quantitative estimate of drug-likeness (QED) is 0.375. The largest absolute Gasteiger partial charge is 0.413 e. The van der Waals surface area contributed by atoms with Crippen molar-refractivity contribution in [3.8, 4) is 12.3 Å². The van der Waals surface area contributed by atoms with E-state index in [0.29, 0.717) is 11.8 Å². The maximum atomic E-state index is 11.7. The number of rotatable bonds is 5. The van der Waals surface area contributed by atoms with Gasteiger partial charge in [-0.3, -0.25) is 0 Å². The van der Waals surface area contributed by atoms with E-state index in [4.69, 9.17) is 10.8 Å². The molecule has 0 radical (unpaired) electrons. The third kappa shape index (κ3) is 3.63. The van der Waals surface area contributed by atoms with Gasteiger partial charge in [0.05, 0.1) is 6.10 Å². The highest BCUT2D eigenvalue weighted by Gasteiger charge is 2.71. The van der Waals surface area contributed by atoms with Gasteiger partial charge in [-0.2, -0.15) is 0 Å². The molecule has 0 heterocycles. The van der Waals surface area contributed by atoms with E-state index in [0.717, 1.165) is 6.42 Å². The first-order chi connectivity index (χ1) is 12.1. The number of hydrogen-bond donors (Lipinski definition) is 1. The normalized spacial score (nSPS) is 37.4. The molecular weight excluding hydrogens is 348 g/mol. The fourth-order valence-corrected chi connectivity index (χ4v) is 6.51. The van der Waals surface area contributed by atoms with Gasteiger partial charge >= 0.3 is 0 Å². The van der Waals surface area contributed by atoms with Crippen molar-refractivity contribution < 1.29 is 9.53 Å². The molecule has 0 amide bonds. The van der Waals surface area contributed by atoms with Crippen LogP contribution in [0.2, 0.25) is 18.1 Å². The summed E-state index contributed by atoms with van der Waals surface area (Å²) >= 11 is 0. The predicted molar refractivity (Wildman–Crippen MR) is 117 cm³/mol. The van der Waals surface area contributed by atoms with Crippen LogP contribution in [0.5, 0.6) is 0 Å². The van der Waals surface area contributed by atoms with E-state index >= 15 is 0 Å². The Hall–Kier alpha value is -0.783. The lowest BCUT2D eigenvalue weighted by molar-refractivity contribution is -0.0994. The zero-order chi connectivity index (χ0) is 21.0. The maximum absolute atomic E-state index is 11.7. The van der Waals surface area contributed by atoms with Gasteiger partial charge in [-0.1, -0.05) is 61.0 Å². The molecule has 2 aliphatic rings. The lowest BCUT2D eigenvalue weighted by Gasteiger charge is -2.49. The van der Waals surface area contributed by atoms with Crippen LogP contribution >= 0.6 is 0 Å². The molecule has 2 saturated carbocycles. The average molecular weight is 389 g/mol. The molecule has 0 aromatic carbocycles. The number of terminal acetylenes is 1. The second-order valence-electron chi connectivity index (χ2n) is 11.2. The van der Waals surface area contributed by atoms with E-state index in [1.807, 2.05) is 6.08 Å². The van der Waals surface area contributed by atoms with Crippen LogP contribution in [0.25, 0.3) is 0 Å². The lowest BCUT2D eigenvalue weighted by Crippen LogP contribution is -2.57. The molecule has 0 aromatic rings. The standard InChI is InChI=1S/C24H40O2Si/c1-12-14-16(3)21(26-27(10,11)22(5,6)7)20-19-18(23(19,8)9)15-17(4)24(20,25)13-2/h2,14,16-21,25H,1,15H2,3-11H3/t16?,17-,18-,19-,20-,21?,24-/m1/s1. The molecule has 2 nitrogen and oxygen atoms in total. The van der Waals surface area contributed by atoms with Gasteiger partial charge in [-0.25, -0.2) is 0 Å². The Balaban J connectivity index is 2.55. The summed E-state index contributed by atoms with van der Waals surface area (Å²) in [7, 11) is -2.05. The smallest absolute Gasteiger partial charge is 0.192 e. The maximum Gasteiger partial charge on any atom is 0.192 e. The van der Waals surface area contributed by atoms with Crippen molar-refractivity contribution in [3.63, 3.8) is 0 Å². The fourth-order valence-electron chi connectivity index (χ4n) is 5.11. The number of aliphatic hydroxyl groups is 1. The van der Waals surface area contributed by atoms with E-state index in [1.165, 1.54) is 0 Å². The molecule has 0 aliphatic heterocycles. The van der Waals surface area contributed by atoms with Crippen LogP contribution in [0.3, 0.4) is 0 Å². The summed E-state index contributed by atoms with van der Waals surface area (Å²) in [5.74, 6) is 3.92. The van der Waals surface area contributed by atoms with Gasteiger partial charge in [0.2, 0.25) is 0 Å². The third-order valence-corrected chi connectivity index (χ3v) is 12.6. The van der Waals surface area contributed by atoms with Gasteiger partial charge in [0.1, 0.15) is 5.60 Å². The van der Waals surface area contributed by atoms with E-state index in [2.05, 4.69) is 79.8 Å². The summed E-state index contributed by atoms with van der Waals surface area (Å²) in [6.07, 6.45) is 8.82. The van der Waals surface area contributed by atoms with Gasteiger partial charge in [0, 0.05) is 11.8 Å². The van der Waals surface area contributed by atoms with Gasteiger partial charge in [-0.15, -0.1) is 12.2 Å². The highest BCUT2D eigenvalue weighted by atomic mass is 28.4. The first-order valence-electron chi connectivity index (χ1n) is 10.4. The van der Waals surface area contributed by atoms with Gasteiger partial charge in [0.25, 0.3) is 0 Å². The summed E-state index contributed by atoms with van der Waals surface area (Å²) in [6, 6.07) is 0. The van der Waals surface area contributed by atoms with Crippen LogP contribution in [-0.4, -0.2) is 25.1 Å². The Morgan fingerprint density at radius 3 is 2.33 bits per heavy atom. The van der Waals surface area contributed by atoms with Gasteiger partial charge < -0.3 is 9.53 Å². The molecule has 2 rings (SSSR count). The second kappa shape index (κ2) is 6.92. The van der Waals surface area contributed by atoms with Crippen LogP contribution in [0.15, 0.2) is 18.4 Å². The Kier molecular flexibility index (Phi) is 5.77. The van der Waals surface area contributed by atoms with Crippen molar-refractivity contribution in [3.05, 3.63) is 18.4 Å². The van der Waals surface area contributed by atoms with Crippen molar-refractivity contribution in [2.75, 3.05) is 0 Å². The minimum absolute atomic E-state index is 0.0695. The molecule has 0 spiro atoms. The van der Waals surface area contributed by atoms with Crippen molar-refractivity contribution in [2.45, 2.75) is 84.7 Å². The van der Waals surface area contributed by atoms with Crippen LogP contribution in [0.1, 0.15) is 54.9 Å². The molecule has 27 heavy (non-hydrogen) atoms. The molecule has 1 N–H and O–H groups in total. The second-order valence-corrected chi connectivity index (χ2v) is 15.9.